The average molecular weight is 437 g/mol. The van der Waals surface area contributed by atoms with Crippen LogP contribution in [0.3, 0.4) is 0 Å². The first-order valence-corrected chi connectivity index (χ1v) is 10.9. The largest absolute Gasteiger partial charge is 0.459 e. The predicted molar refractivity (Wildman–Crippen MR) is 121 cm³/mol. The molecule has 1 aromatic heterocycles. The van der Waals surface area contributed by atoms with E-state index in [4.69, 9.17) is 15.2 Å². The molecule has 0 spiro atoms. The highest BCUT2D eigenvalue weighted by atomic mass is 32.1. The number of hydrogen-bond acceptors (Lipinski definition) is 6. The minimum atomic E-state index is -0.568. The van der Waals surface area contributed by atoms with Gasteiger partial charge < -0.3 is 25.6 Å². The zero-order valence-electron chi connectivity index (χ0n) is 16.9. The van der Waals surface area contributed by atoms with Crippen molar-refractivity contribution in [3.8, 4) is 0 Å². The van der Waals surface area contributed by atoms with Crippen LogP contribution in [-0.2, 0) is 27.5 Å². The van der Waals surface area contributed by atoms with E-state index in [-0.39, 0.29) is 24.2 Å². The number of hydrogen-bond donors (Lipinski definition) is 3. The Hall–Kier alpha value is -3.13. The zero-order valence-corrected chi connectivity index (χ0v) is 17.7. The SMILES string of the molecule is Nc1ccccc1NC(=O)C1=C[C@H](c2ccsc2)C[C@H](OCc2ccc(CO)cc2)O1. The Balaban J connectivity index is 1.48. The summed E-state index contributed by atoms with van der Waals surface area (Å²) >= 11 is 1.61. The average Bonchev–Trinajstić information content (AvgIpc) is 3.34. The van der Waals surface area contributed by atoms with Crippen LogP contribution in [0.15, 0.2) is 77.2 Å². The van der Waals surface area contributed by atoms with Crippen LogP contribution < -0.4 is 11.1 Å². The fourth-order valence-corrected chi connectivity index (χ4v) is 4.09. The predicted octanol–water partition coefficient (Wildman–Crippen LogP) is 4.39. The Bertz CT molecular complexity index is 1050. The molecule has 4 N–H and O–H groups in total. The number of thiophene rings is 1. The van der Waals surface area contributed by atoms with Gasteiger partial charge in [-0.2, -0.15) is 11.3 Å². The van der Waals surface area contributed by atoms with Gasteiger partial charge in [0.25, 0.3) is 5.91 Å². The van der Waals surface area contributed by atoms with Gasteiger partial charge in [0.05, 0.1) is 24.6 Å². The van der Waals surface area contributed by atoms with Crippen LogP contribution >= 0.6 is 11.3 Å². The summed E-state index contributed by atoms with van der Waals surface area (Å²) in [5.74, 6) is -0.138. The van der Waals surface area contributed by atoms with Gasteiger partial charge in [-0.15, -0.1) is 0 Å². The van der Waals surface area contributed by atoms with Crippen LogP contribution in [0.5, 0.6) is 0 Å². The molecule has 1 aliphatic rings. The maximum Gasteiger partial charge on any atom is 0.290 e. The highest BCUT2D eigenvalue weighted by molar-refractivity contribution is 7.08. The quantitative estimate of drug-likeness (QED) is 0.478. The molecule has 0 unspecified atom stereocenters. The van der Waals surface area contributed by atoms with Gasteiger partial charge >= 0.3 is 0 Å². The highest BCUT2D eigenvalue weighted by Gasteiger charge is 2.29. The van der Waals surface area contributed by atoms with Gasteiger partial charge in [0.1, 0.15) is 0 Å². The van der Waals surface area contributed by atoms with Crippen molar-refractivity contribution >= 4 is 28.6 Å². The smallest absolute Gasteiger partial charge is 0.290 e. The molecule has 0 fully saturated rings. The summed E-state index contributed by atoms with van der Waals surface area (Å²) in [6, 6.07) is 16.7. The molecule has 0 bridgehead atoms. The van der Waals surface area contributed by atoms with E-state index in [1.165, 1.54) is 0 Å². The minimum Gasteiger partial charge on any atom is -0.459 e. The summed E-state index contributed by atoms with van der Waals surface area (Å²) in [6.07, 6.45) is 1.88. The Morgan fingerprint density at radius 3 is 2.65 bits per heavy atom. The van der Waals surface area contributed by atoms with Crippen molar-refractivity contribution in [3.05, 3.63) is 93.9 Å². The number of carbonyl (C=O) groups excluding carboxylic acids is 1. The Morgan fingerprint density at radius 2 is 1.94 bits per heavy atom. The first kappa shape index (κ1) is 21.1. The van der Waals surface area contributed by atoms with Crippen molar-refractivity contribution < 1.29 is 19.4 Å². The molecular formula is C24H24N2O4S. The lowest BCUT2D eigenvalue weighted by Crippen LogP contribution is -2.29. The van der Waals surface area contributed by atoms with Crippen molar-refractivity contribution in [1.82, 2.24) is 0 Å². The number of nitrogens with one attached hydrogen (secondary N) is 1. The molecule has 0 saturated heterocycles. The number of anilines is 2. The monoisotopic (exact) mass is 436 g/mol. The molecule has 1 aliphatic heterocycles. The van der Waals surface area contributed by atoms with Gasteiger partial charge in [-0.25, -0.2) is 0 Å². The first-order chi connectivity index (χ1) is 15.1. The molecule has 0 aliphatic carbocycles. The van der Waals surface area contributed by atoms with E-state index < -0.39 is 6.29 Å². The minimum absolute atomic E-state index is 0.00435. The number of nitrogen functional groups attached to an aromatic ring is 1. The molecule has 4 rings (SSSR count). The maximum absolute atomic E-state index is 12.9. The number of para-hydroxylation sites is 2. The lowest BCUT2D eigenvalue weighted by Gasteiger charge is -2.29. The second-order valence-corrected chi connectivity index (χ2v) is 8.08. The van der Waals surface area contributed by atoms with Crippen LogP contribution in [0.2, 0.25) is 0 Å². The van der Waals surface area contributed by atoms with Crippen LogP contribution in [-0.4, -0.2) is 17.3 Å². The first-order valence-electron chi connectivity index (χ1n) is 9.99. The van der Waals surface area contributed by atoms with E-state index >= 15 is 0 Å². The van der Waals surface area contributed by atoms with Crippen molar-refractivity contribution in [2.75, 3.05) is 11.1 Å². The standard InChI is InChI=1S/C24H24N2O4S/c25-20-3-1-2-4-21(20)26-24(28)22-11-19(18-9-10-31-15-18)12-23(30-22)29-14-17-7-5-16(13-27)6-8-17/h1-11,15,19,23,27H,12-14,25H2,(H,26,28)/t19-,23+/m0/s1. The van der Waals surface area contributed by atoms with Crippen molar-refractivity contribution in [3.63, 3.8) is 0 Å². The number of rotatable bonds is 7. The topological polar surface area (TPSA) is 93.8 Å². The molecular weight excluding hydrogens is 412 g/mol. The van der Waals surface area contributed by atoms with Crippen LogP contribution in [0, 0.1) is 0 Å². The lowest BCUT2D eigenvalue weighted by atomic mass is 9.95. The molecule has 0 radical (unpaired) electrons. The number of carbonyl (C=O) groups is 1. The van der Waals surface area contributed by atoms with Crippen LogP contribution in [0.4, 0.5) is 11.4 Å². The fourth-order valence-electron chi connectivity index (χ4n) is 3.36. The van der Waals surface area contributed by atoms with E-state index in [1.54, 1.807) is 23.5 Å². The molecule has 31 heavy (non-hydrogen) atoms. The van der Waals surface area contributed by atoms with E-state index in [2.05, 4.69) is 10.7 Å². The van der Waals surface area contributed by atoms with E-state index in [0.717, 1.165) is 16.7 Å². The van der Waals surface area contributed by atoms with E-state index in [9.17, 15) is 9.90 Å². The molecule has 160 valence electrons. The molecule has 1 amide bonds. The van der Waals surface area contributed by atoms with Crippen LogP contribution in [0.1, 0.15) is 29.0 Å². The third-order valence-corrected chi connectivity index (χ3v) is 5.80. The fraction of sp³-hybridized carbons (Fsp3) is 0.208. The Labute approximate surface area is 184 Å². The third kappa shape index (κ3) is 5.32. The van der Waals surface area contributed by atoms with Crippen molar-refractivity contribution in [2.24, 2.45) is 0 Å². The third-order valence-electron chi connectivity index (χ3n) is 5.10. The number of amides is 1. The second-order valence-electron chi connectivity index (χ2n) is 7.30. The molecule has 3 aromatic rings. The summed E-state index contributed by atoms with van der Waals surface area (Å²) in [5, 5.41) is 16.1. The number of benzene rings is 2. The molecule has 0 saturated carbocycles. The van der Waals surface area contributed by atoms with E-state index in [1.807, 2.05) is 53.9 Å². The lowest BCUT2D eigenvalue weighted by molar-refractivity contribution is -0.147. The molecule has 2 atom stereocenters. The Morgan fingerprint density at radius 1 is 1.16 bits per heavy atom. The number of aliphatic hydroxyl groups is 1. The second kappa shape index (κ2) is 9.78. The summed E-state index contributed by atoms with van der Waals surface area (Å²) in [5.41, 5.74) is 9.91. The Kier molecular flexibility index (Phi) is 6.66. The molecule has 2 aromatic carbocycles. The number of ether oxygens (including phenoxy) is 2. The summed E-state index contributed by atoms with van der Waals surface area (Å²) in [7, 11) is 0. The molecule has 2 heterocycles. The summed E-state index contributed by atoms with van der Waals surface area (Å²) in [4.78, 5) is 12.9. The number of aliphatic hydroxyl groups excluding tert-OH is 1. The molecule has 6 nitrogen and oxygen atoms in total. The van der Waals surface area contributed by atoms with Gasteiger partial charge in [-0.3, -0.25) is 4.79 Å². The zero-order chi connectivity index (χ0) is 21.6. The molecule has 7 heteroatoms. The number of allylic oxidation sites excluding steroid dienone is 1. The highest BCUT2D eigenvalue weighted by Crippen LogP contribution is 2.33. The van der Waals surface area contributed by atoms with Gasteiger partial charge in [0.15, 0.2) is 5.76 Å². The maximum atomic E-state index is 12.9. The number of nitrogens with two attached hydrogens (primary N) is 1. The normalized spacial score (nSPS) is 18.2. The van der Waals surface area contributed by atoms with Crippen LogP contribution in [0.25, 0.3) is 0 Å². The van der Waals surface area contributed by atoms with Gasteiger partial charge in [-0.05, 0) is 51.7 Å². The van der Waals surface area contributed by atoms with Gasteiger partial charge in [0, 0.05) is 12.3 Å². The van der Waals surface area contributed by atoms with Crippen molar-refractivity contribution in [1.29, 1.82) is 0 Å². The van der Waals surface area contributed by atoms with Gasteiger partial charge in [0.2, 0.25) is 6.29 Å². The van der Waals surface area contributed by atoms with Gasteiger partial charge in [-0.1, -0.05) is 36.4 Å². The van der Waals surface area contributed by atoms with E-state index in [0.29, 0.717) is 24.4 Å². The van der Waals surface area contributed by atoms with Crippen molar-refractivity contribution in [2.45, 2.75) is 31.8 Å². The summed E-state index contributed by atoms with van der Waals surface area (Å²) in [6.45, 7) is 0.345. The summed E-state index contributed by atoms with van der Waals surface area (Å²) < 4.78 is 11.9.